The Hall–Kier alpha value is -2.34. The molecule has 2 atom stereocenters. The highest BCUT2D eigenvalue weighted by Crippen LogP contribution is 2.21. The zero-order valence-corrected chi connectivity index (χ0v) is 15.7. The molecule has 6 heteroatoms. The number of rotatable bonds is 6. The highest BCUT2D eigenvalue weighted by molar-refractivity contribution is 7.92. The van der Waals surface area contributed by atoms with Crippen LogP contribution in [0.4, 0.5) is 5.69 Å². The van der Waals surface area contributed by atoms with Gasteiger partial charge >= 0.3 is 0 Å². The number of carbonyl (C=O) groups is 1. The van der Waals surface area contributed by atoms with Crippen LogP contribution in [0, 0.1) is 6.92 Å². The Labute approximate surface area is 149 Å². The van der Waals surface area contributed by atoms with E-state index in [9.17, 15) is 13.2 Å². The fourth-order valence-corrected chi connectivity index (χ4v) is 3.83. The molecule has 0 spiro atoms. The van der Waals surface area contributed by atoms with Crippen molar-refractivity contribution in [3.05, 3.63) is 65.7 Å². The van der Waals surface area contributed by atoms with E-state index in [1.165, 1.54) is 0 Å². The van der Waals surface area contributed by atoms with Crippen LogP contribution in [-0.4, -0.2) is 26.6 Å². The van der Waals surface area contributed by atoms with Crippen molar-refractivity contribution in [1.29, 1.82) is 0 Å². The molecule has 0 unspecified atom stereocenters. The largest absolute Gasteiger partial charge is 0.348 e. The summed E-state index contributed by atoms with van der Waals surface area (Å²) in [5.74, 6) is -0.345. The van der Waals surface area contributed by atoms with Crippen LogP contribution in [0.15, 0.2) is 54.6 Å². The Kier molecular flexibility index (Phi) is 5.85. The fraction of sp³-hybridized carbons (Fsp3) is 0.316. The highest BCUT2D eigenvalue weighted by atomic mass is 32.2. The second-order valence-electron chi connectivity index (χ2n) is 6.21. The van der Waals surface area contributed by atoms with Crippen LogP contribution in [0.2, 0.25) is 0 Å². The Morgan fingerprint density at radius 3 is 2.08 bits per heavy atom. The quantitative estimate of drug-likeness (QED) is 0.861. The zero-order chi connectivity index (χ0) is 18.6. The lowest BCUT2D eigenvalue weighted by molar-refractivity contribution is -0.122. The molecule has 0 aliphatic heterocycles. The van der Waals surface area contributed by atoms with Crippen LogP contribution in [0.5, 0.6) is 0 Å². The third kappa shape index (κ3) is 4.82. The summed E-state index contributed by atoms with van der Waals surface area (Å²) < 4.78 is 25.6. The molecule has 0 aromatic heterocycles. The molecule has 0 saturated carbocycles. The van der Waals surface area contributed by atoms with Gasteiger partial charge in [-0.1, -0.05) is 48.0 Å². The third-order valence-electron chi connectivity index (χ3n) is 4.04. The Morgan fingerprint density at radius 2 is 1.56 bits per heavy atom. The van der Waals surface area contributed by atoms with Crippen molar-refractivity contribution in [2.24, 2.45) is 0 Å². The van der Waals surface area contributed by atoms with Gasteiger partial charge in [0.1, 0.15) is 6.04 Å². The van der Waals surface area contributed by atoms with Gasteiger partial charge in [0.2, 0.25) is 15.9 Å². The molecule has 1 N–H and O–H groups in total. The maximum atomic E-state index is 12.6. The second-order valence-corrected chi connectivity index (χ2v) is 8.07. The van der Waals surface area contributed by atoms with E-state index in [-0.39, 0.29) is 11.9 Å². The molecule has 1 amide bonds. The highest BCUT2D eigenvalue weighted by Gasteiger charge is 2.29. The first-order chi connectivity index (χ1) is 11.7. The van der Waals surface area contributed by atoms with Crippen molar-refractivity contribution >= 4 is 21.6 Å². The molecule has 0 aliphatic rings. The minimum Gasteiger partial charge on any atom is -0.348 e. The zero-order valence-electron chi connectivity index (χ0n) is 14.9. The van der Waals surface area contributed by atoms with Gasteiger partial charge in [0.15, 0.2) is 0 Å². The molecule has 0 bridgehead atoms. The first-order valence-corrected chi connectivity index (χ1v) is 9.96. The molecule has 5 nitrogen and oxygen atoms in total. The number of amides is 1. The van der Waals surface area contributed by atoms with E-state index in [0.29, 0.717) is 5.69 Å². The lowest BCUT2D eigenvalue weighted by Crippen LogP contribution is -2.48. The minimum atomic E-state index is -3.60. The number of hydrogen-bond donors (Lipinski definition) is 1. The van der Waals surface area contributed by atoms with Gasteiger partial charge < -0.3 is 5.32 Å². The predicted octanol–water partition coefficient (Wildman–Crippen LogP) is 3.03. The smallest absolute Gasteiger partial charge is 0.244 e. The van der Waals surface area contributed by atoms with E-state index >= 15 is 0 Å². The number of nitrogens with one attached hydrogen (secondary N) is 1. The topological polar surface area (TPSA) is 66.5 Å². The summed E-state index contributed by atoms with van der Waals surface area (Å²) in [6, 6.07) is 15.4. The standard InChI is InChI=1S/C19H24N2O3S/c1-14-10-12-17(13-11-14)15(2)20-19(22)16(3)21(25(4,23)24)18-8-6-5-7-9-18/h5-13,15-16H,1-4H3,(H,20,22)/t15-,16+/m1/s1. The third-order valence-corrected chi connectivity index (χ3v) is 5.28. The molecule has 2 aromatic carbocycles. The van der Waals surface area contributed by atoms with Crippen LogP contribution in [0.25, 0.3) is 0 Å². The SMILES string of the molecule is Cc1ccc([C@@H](C)NC(=O)[C@H](C)N(c2ccccc2)S(C)(=O)=O)cc1. The van der Waals surface area contributed by atoms with Gasteiger partial charge in [0.25, 0.3) is 0 Å². The first kappa shape index (κ1) is 19.0. The van der Waals surface area contributed by atoms with Crippen LogP contribution in [-0.2, 0) is 14.8 Å². The molecule has 0 heterocycles. The number of nitrogens with zero attached hydrogens (tertiary/aromatic N) is 1. The molecule has 0 saturated heterocycles. The summed E-state index contributed by atoms with van der Waals surface area (Å²) in [6.07, 6.45) is 1.10. The lowest BCUT2D eigenvalue weighted by atomic mass is 10.1. The Bertz CT molecular complexity index is 818. The van der Waals surface area contributed by atoms with E-state index in [4.69, 9.17) is 0 Å². The van der Waals surface area contributed by atoms with E-state index < -0.39 is 16.1 Å². The van der Waals surface area contributed by atoms with Gasteiger partial charge in [-0.25, -0.2) is 8.42 Å². The molecule has 0 fully saturated rings. The van der Waals surface area contributed by atoms with Gasteiger partial charge in [0, 0.05) is 0 Å². The van der Waals surface area contributed by atoms with Crippen LogP contribution >= 0.6 is 0 Å². The first-order valence-electron chi connectivity index (χ1n) is 8.11. The van der Waals surface area contributed by atoms with Crippen molar-refractivity contribution in [3.63, 3.8) is 0 Å². The average molecular weight is 360 g/mol. The molecular formula is C19H24N2O3S. The van der Waals surface area contributed by atoms with Crippen molar-refractivity contribution < 1.29 is 13.2 Å². The molecular weight excluding hydrogens is 336 g/mol. The number of sulfonamides is 1. The van der Waals surface area contributed by atoms with E-state index in [1.54, 1.807) is 37.3 Å². The molecule has 25 heavy (non-hydrogen) atoms. The van der Waals surface area contributed by atoms with Crippen LogP contribution in [0.1, 0.15) is 31.0 Å². The summed E-state index contributed by atoms with van der Waals surface area (Å²) >= 11 is 0. The number of carbonyl (C=O) groups excluding carboxylic acids is 1. The molecule has 0 aliphatic carbocycles. The maximum absolute atomic E-state index is 12.6. The van der Waals surface area contributed by atoms with Gasteiger partial charge in [-0.2, -0.15) is 0 Å². The summed E-state index contributed by atoms with van der Waals surface area (Å²) in [4.78, 5) is 12.6. The van der Waals surface area contributed by atoms with Crippen molar-refractivity contribution in [2.75, 3.05) is 10.6 Å². The van der Waals surface area contributed by atoms with E-state index in [2.05, 4.69) is 5.32 Å². The average Bonchev–Trinajstić information content (AvgIpc) is 2.55. The second kappa shape index (κ2) is 7.70. The number of benzene rings is 2. The van der Waals surface area contributed by atoms with Gasteiger partial charge in [-0.15, -0.1) is 0 Å². The minimum absolute atomic E-state index is 0.215. The molecule has 0 radical (unpaired) electrons. The number of aryl methyl sites for hydroxylation is 1. The van der Waals surface area contributed by atoms with Gasteiger partial charge in [-0.3, -0.25) is 9.10 Å². The van der Waals surface area contributed by atoms with E-state index in [1.807, 2.05) is 38.1 Å². The van der Waals surface area contributed by atoms with Crippen LogP contribution < -0.4 is 9.62 Å². The Balaban J connectivity index is 2.20. The van der Waals surface area contributed by atoms with E-state index in [0.717, 1.165) is 21.7 Å². The summed E-state index contributed by atoms with van der Waals surface area (Å²) in [5.41, 5.74) is 2.58. The summed E-state index contributed by atoms with van der Waals surface area (Å²) in [7, 11) is -3.60. The summed E-state index contributed by atoms with van der Waals surface area (Å²) in [6.45, 7) is 5.47. The lowest BCUT2D eigenvalue weighted by Gasteiger charge is -2.29. The normalized spacial score (nSPS) is 13.8. The number of para-hydroxylation sites is 1. The van der Waals surface area contributed by atoms with Crippen LogP contribution in [0.3, 0.4) is 0 Å². The molecule has 2 aromatic rings. The number of hydrogen-bond acceptors (Lipinski definition) is 3. The maximum Gasteiger partial charge on any atom is 0.244 e. The van der Waals surface area contributed by atoms with Gasteiger partial charge in [0.05, 0.1) is 18.0 Å². The monoisotopic (exact) mass is 360 g/mol. The molecule has 2 rings (SSSR count). The molecule has 134 valence electrons. The predicted molar refractivity (Wildman–Crippen MR) is 101 cm³/mol. The Morgan fingerprint density at radius 1 is 1.00 bits per heavy atom. The van der Waals surface area contributed by atoms with Crippen molar-refractivity contribution in [2.45, 2.75) is 32.9 Å². The summed E-state index contributed by atoms with van der Waals surface area (Å²) in [5, 5.41) is 2.89. The van der Waals surface area contributed by atoms with Crippen molar-refractivity contribution in [3.8, 4) is 0 Å². The fourth-order valence-electron chi connectivity index (χ4n) is 2.66. The number of anilines is 1. The van der Waals surface area contributed by atoms with Gasteiger partial charge in [-0.05, 0) is 38.5 Å². The van der Waals surface area contributed by atoms with Crippen molar-refractivity contribution in [1.82, 2.24) is 5.32 Å².